The highest BCUT2D eigenvalue weighted by atomic mass is 32.1. The van der Waals surface area contributed by atoms with Gasteiger partial charge in [0.25, 0.3) is 5.91 Å². The van der Waals surface area contributed by atoms with Crippen molar-refractivity contribution in [3.05, 3.63) is 40.2 Å². The number of anilines is 1. The molecule has 6 heteroatoms. The predicted octanol–water partition coefficient (Wildman–Crippen LogP) is 3.26. The molecule has 1 N–H and O–H groups in total. The topological polar surface area (TPSA) is 68.5 Å². The molecule has 0 fully saturated rings. The molecule has 2 aromatic rings. The van der Waals surface area contributed by atoms with Gasteiger partial charge in [0.05, 0.1) is 18.9 Å². The zero-order chi connectivity index (χ0) is 14.8. The molecule has 1 aliphatic carbocycles. The summed E-state index contributed by atoms with van der Waals surface area (Å²) in [7, 11) is 1.35. The van der Waals surface area contributed by atoms with E-state index in [1.807, 2.05) is 0 Å². The van der Waals surface area contributed by atoms with Gasteiger partial charge in [-0.15, -0.1) is 11.3 Å². The number of esters is 1. The molecule has 0 atom stereocenters. The summed E-state index contributed by atoms with van der Waals surface area (Å²) in [5.41, 5.74) is 1.52. The third-order valence-corrected chi connectivity index (χ3v) is 4.74. The van der Waals surface area contributed by atoms with Crippen molar-refractivity contribution in [1.82, 2.24) is 0 Å². The first-order valence-electron chi connectivity index (χ1n) is 6.78. The molecule has 0 saturated carbocycles. The largest absolute Gasteiger partial charge is 0.465 e. The summed E-state index contributed by atoms with van der Waals surface area (Å²) in [6, 6.07) is 3.23. The Kier molecular flexibility index (Phi) is 3.79. The van der Waals surface area contributed by atoms with Crippen LogP contribution in [0.15, 0.2) is 22.8 Å². The van der Waals surface area contributed by atoms with Gasteiger partial charge in [-0.2, -0.15) is 0 Å². The van der Waals surface area contributed by atoms with E-state index in [1.54, 1.807) is 12.1 Å². The van der Waals surface area contributed by atoms with Gasteiger partial charge < -0.3 is 14.5 Å². The molecule has 0 spiro atoms. The zero-order valence-electron chi connectivity index (χ0n) is 11.6. The molecule has 2 aromatic heterocycles. The lowest BCUT2D eigenvalue weighted by Gasteiger charge is -2.11. The molecule has 0 radical (unpaired) electrons. The van der Waals surface area contributed by atoms with E-state index in [2.05, 4.69) is 5.32 Å². The number of fused-ring (bicyclic) bond motifs is 1. The molecule has 21 heavy (non-hydrogen) atoms. The van der Waals surface area contributed by atoms with Gasteiger partial charge in [0.2, 0.25) is 0 Å². The summed E-state index contributed by atoms with van der Waals surface area (Å²) in [4.78, 5) is 25.3. The van der Waals surface area contributed by atoms with Gasteiger partial charge in [0.15, 0.2) is 5.76 Å². The first-order valence-corrected chi connectivity index (χ1v) is 7.60. The van der Waals surface area contributed by atoms with Crippen LogP contribution in [0.4, 0.5) is 5.00 Å². The van der Waals surface area contributed by atoms with Gasteiger partial charge in [0.1, 0.15) is 5.00 Å². The fourth-order valence-corrected chi connectivity index (χ4v) is 3.82. The number of thiophene rings is 1. The van der Waals surface area contributed by atoms with Crippen molar-refractivity contribution in [3.8, 4) is 0 Å². The summed E-state index contributed by atoms with van der Waals surface area (Å²) < 4.78 is 9.94. The van der Waals surface area contributed by atoms with Crippen molar-refractivity contribution < 1.29 is 18.7 Å². The van der Waals surface area contributed by atoms with Crippen LogP contribution in [0.25, 0.3) is 0 Å². The van der Waals surface area contributed by atoms with E-state index in [4.69, 9.17) is 9.15 Å². The van der Waals surface area contributed by atoms with E-state index in [0.29, 0.717) is 10.6 Å². The number of amides is 1. The molecule has 0 aromatic carbocycles. The van der Waals surface area contributed by atoms with E-state index >= 15 is 0 Å². The van der Waals surface area contributed by atoms with E-state index in [-0.39, 0.29) is 11.7 Å². The second kappa shape index (κ2) is 5.73. The summed E-state index contributed by atoms with van der Waals surface area (Å²) in [5, 5.41) is 3.32. The van der Waals surface area contributed by atoms with Gasteiger partial charge >= 0.3 is 5.97 Å². The lowest BCUT2D eigenvalue weighted by molar-refractivity contribution is 0.0601. The summed E-state index contributed by atoms with van der Waals surface area (Å²) >= 11 is 1.46. The third kappa shape index (κ3) is 2.58. The Labute approximate surface area is 125 Å². The second-order valence-electron chi connectivity index (χ2n) is 4.84. The Hall–Kier alpha value is -2.08. The Bertz CT molecular complexity index is 672. The second-order valence-corrected chi connectivity index (χ2v) is 5.94. The first kappa shape index (κ1) is 13.9. The van der Waals surface area contributed by atoms with Gasteiger partial charge in [-0.25, -0.2) is 4.79 Å². The number of hydrogen-bond donors (Lipinski definition) is 1. The molecule has 0 bridgehead atoms. The minimum absolute atomic E-state index is 0.220. The van der Waals surface area contributed by atoms with Gasteiger partial charge in [-0.05, 0) is 43.4 Å². The van der Waals surface area contributed by atoms with Crippen molar-refractivity contribution in [2.75, 3.05) is 12.4 Å². The van der Waals surface area contributed by atoms with Crippen molar-refractivity contribution in [1.29, 1.82) is 0 Å². The Morgan fingerprint density at radius 1 is 1.33 bits per heavy atom. The first-order chi connectivity index (χ1) is 10.2. The minimum atomic E-state index is -0.399. The quantitative estimate of drug-likeness (QED) is 0.884. The maximum Gasteiger partial charge on any atom is 0.341 e. The average molecular weight is 305 g/mol. The molecule has 1 amide bonds. The van der Waals surface area contributed by atoms with E-state index in [1.165, 1.54) is 24.7 Å². The molecule has 0 aliphatic heterocycles. The molecule has 0 saturated heterocycles. The Morgan fingerprint density at radius 3 is 2.86 bits per heavy atom. The van der Waals surface area contributed by atoms with Crippen molar-refractivity contribution in [2.24, 2.45) is 0 Å². The Balaban J connectivity index is 1.95. The molecule has 2 heterocycles. The van der Waals surface area contributed by atoms with Crippen LogP contribution in [0.1, 0.15) is 44.2 Å². The minimum Gasteiger partial charge on any atom is -0.465 e. The number of furan rings is 1. The lowest BCUT2D eigenvalue weighted by Crippen LogP contribution is -2.14. The van der Waals surface area contributed by atoms with E-state index in [9.17, 15) is 9.59 Å². The van der Waals surface area contributed by atoms with Crippen LogP contribution < -0.4 is 5.32 Å². The summed E-state index contributed by atoms with van der Waals surface area (Å²) in [5.74, 6) is -0.537. The third-order valence-electron chi connectivity index (χ3n) is 3.53. The van der Waals surface area contributed by atoms with Crippen molar-refractivity contribution in [3.63, 3.8) is 0 Å². The summed E-state index contributed by atoms with van der Waals surface area (Å²) in [6.07, 6.45) is 5.40. The van der Waals surface area contributed by atoms with Crippen LogP contribution in [0.3, 0.4) is 0 Å². The number of methoxy groups -OCH3 is 1. The van der Waals surface area contributed by atoms with Crippen LogP contribution in [0, 0.1) is 0 Å². The molecular weight excluding hydrogens is 290 g/mol. The zero-order valence-corrected chi connectivity index (χ0v) is 12.4. The Morgan fingerprint density at radius 2 is 2.14 bits per heavy atom. The average Bonchev–Trinajstić information content (AvgIpc) is 3.13. The van der Waals surface area contributed by atoms with E-state index < -0.39 is 5.97 Å². The van der Waals surface area contributed by atoms with Gasteiger partial charge in [0, 0.05) is 4.88 Å². The van der Waals surface area contributed by atoms with Crippen LogP contribution in [0.2, 0.25) is 0 Å². The number of rotatable bonds is 3. The molecule has 5 nitrogen and oxygen atoms in total. The number of ether oxygens (including phenoxy) is 1. The smallest absolute Gasteiger partial charge is 0.341 e. The van der Waals surface area contributed by atoms with Crippen LogP contribution in [-0.4, -0.2) is 19.0 Å². The van der Waals surface area contributed by atoms with Crippen LogP contribution in [-0.2, 0) is 17.6 Å². The highest BCUT2D eigenvalue weighted by molar-refractivity contribution is 7.17. The number of aryl methyl sites for hydroxylation is 1. The number of carbonyl (C=O) groups is 2. The van der Waals surface area contributed by atoms with Gasteiger partial charge in [-0.3, -0.25) is 4.79 Å². The van der Waals surface area contributed by atoms with Crippen LogP contribution in [0.5, 0.6) is 0 Å². The highest BCUT2D eigenvalue weighted by Crippen LogP contribution is 2.38. The van der Waals surface area contributed by atoms with E-state index in [0.717, 1.165) is 36.1 Å². The molecule has 1 aliphatic rings. The monoisotopic (exact) mass is 305 g/mol. The fraction of sp³-hybridized carbons (Fsp3) is 0.333. The van der Waals surface area contributed by atoms with Gasteiger partial charge in [-0.1, -0.05) is 0 Å². The summed E-state index contributed by atoms with van der Waals surface area (Å²) in [6.45, 7) is 0. The normalized spacial score (nSPS) is 13.6. The van der Waals surface area contributed by atoms with Crippen LogP contribution >= 0.6 is 11.3 Å². The highest BCUT2D eigenvalue weighted by Gasteiger charge is 2.27. The molecule has 110 valence electrons. The molecule has 3 rings (SSSR count). The number of nitrogens with one attached hydrogen (secondary N) is 1. The molecule has 0 unspecified atom stereocenters. The molecular formula is C15H15NO4S. The lowest BCUT2D eigenvalue weighted by atomic mass is 9.95. The number of hydrogen-bond acceptors (Lipinski definition) is 5. The standard InChI is InChI=1S/C15H15NO4S/c1-19-15(18)12-9-5-2-3-7-11(9)21-14(12)16-13(17)10-6-4-8-20-10/h4,6,8H,2-3,5,7H2,1H3,(H,16,17). The van der Waals surface area contributed by atoms with Crippen molar-refractivity contribution in [2.45, 2.75) is 25.7 Å². The maximum atomic E-state index is 12.1. The predicted molar refractivity (Wildman–Crippen MR) is 79.0 cm³/mol. The van der Waals surface area contributed by atoms with Crippen molar-refractivity contribution >= 4 is 28.2 Å². The SMILES string of the molecule is COC(=O)c1c(NC(=O)c2ccco2)sc2c1CCCC2. The number of carbonyl (C=O) groups excluding carboxylic acids is 2. The fourth-order valence-electron chi connectivity index (χ4n) is 2.54. The maximum absolute atomic E-state index is 12.1.